The maximum atomic E-state index is 12.9. The van der Waals surface area contributed by atoms with Gasteiger partial charge >= 0.3 is 17.9 Å². The van der Waals surface area contributed by atoms with Crippen LogP contribution in [0.15, 0.2) is 109 Å². The molecule has 0 aliphatic rings. The molecule has 0 saturated heterocycles. The van der Waals surface area contributed by atoms with Crippen LogP contribution >= 0.6 is 0 Å². The van der Waals surface area contributed by atoms with Gasteiger partial charge in [0.15, 0.2) is 6.10 Å². The Morgan fingerprint density at radius 1 is 0.259 bits per heavy atom. The van der Waals surface area contributed by atoms with Crippen molar-refractivity contribution in [3.63, 3.8) is 0 Å². The van der Waals surface area contributed by atoms with Crippen molar-refractivity contribution >= 4 is 17.9 Å². The van der Waals surface area contributed by atoms with Crippen LogP contribution in [0, 0.1) is 0 Å². The zero-order chi connectivity index (χ0) is 58.5. The monoisotopic (exact) mass is 1120 g/mol. The number of ether oxygens (including phenoxy) is 3. The Labute approximate surface area is 501 Å². The minimum absolute atomic E-state index is 0.0853. The van der Waals surface area contributed by atoms with Crippen LogP contribution in [0.1, 0.15) is 329 Å². The Bertz CT molecular complexity index is 1620. The lowest BCUT2D eigenvalue weighted by molar-refractivity contribution is -0.167. The Balaban J connectivity index is 4.30. The Morgan fingerprint density at radius 3 is 0.753 bits per heavy atom. The minimum atomic E-state index is -0.791. The molecule has 0 aromatic heterocycles. The molecular formula is C75H128O6. The first-order valence-corrected chi connectivity index (χ1v) is 34.4. The normalized spacial score (nSPS) is 12.8. The van der Waals surface area contributed by atoms with Crippen LogP contribution in [0.3, 0.4) is 0 Å². The molecule has 0 bridgehead atoms. The molecule has 0 amide bonds. The molecule has 0 aromatic carbocycles. The molecule has 0 aliphatic heterocycles. The number of hydrogen-bond donors (Lipinski definition) is 0. The van der Waals surface area contributed by atoms with Crippen LogP contribution in [0.4, 0.5) is 0 Å². The topological polar surface area (TPSA) is 78.9 Å². The molecule has 0 spiro atoms. The molecule has 1 unspecified atom stereocenters. The largest absolute Gasteiger partial charge is 0.462 e. The van der Waals surface area contributed by atoms with Gasteiger partial charge in [0.05, 0.1) is 0 Å². The third-order valence-electron chi connectivity index (χ3n) is 14.7. The summed E-state index contributed by atoms with van der Waals surface area (Å²) in [5.41, 5.74) is 0. The van der Waals surface area contributed by atoms with Crippen molar-refractivity contribution in [2.45, 2.75) is 335 Å². The molecule has 0 heterocycles. The van der Waals surface area contributed by atoms with Crippen molar-refractivity contribution in [2.24, 2.45) is 0 Å². The number of esters is 3. The van der Waals surface area contributed by atoms with Crippen LogP contribution in [-0.4, -0.2) is 37.2 Å². The van der Waals surface area contributed by atoms with E-state index in [4.69, 9.17) is 14.2 Å². The van der Waals surface area contributed by atoms with Gasteiger partial charge in [-0.3, -0.25) is 14.4 Å². The number of rotatable bonds is 62. The molecule has 6 nitrogen and oxygen atoms in total. The van der Waals surface area contributed by atoms with Crippen molar-refractivity contribution in [1.82, 2.24) is 0 Å². The maximum Gasteiger partial charge on any atom is 0.306 e. The Morgan fingerprint density at radius 2 is 0.481 bits per heavy atom. The fraction of sp³-hybridized carbons (Fsp3) is 0.720. The summed E-state index contributed by atoms with van der Waals surface area (Å²) in [5.74, 6) is -0.895. The van der Waals surface area contributed by atoms with Crippen LogP contribution in [0.5, 0.6) is 0 Å². The first-order valence-electron chi connectivity index (χ1n) is 34.4. The number of allylic oxidation sites excluding steroid dienone is 18. The fourth-order valence-electron chi connectivity index (χ4n) is 9.66. The summed E-state index contributed by atoms with van der Waals surface area (Å²) in [6.07, 6.45) is 93.9. The van der Waals surface area contributed by atoms with E-state index in [1.165, 1.54) is 167 Å². The Kier molecular flexibility index (Phi) is 65.2. The predicted octanol–water partition coefficient (Wildman–Crippen LogP) is 23.8. The molecule has 0 aliphatic carbocycles. The number of carbonyl (C=O) groups excluding carboxylic acids is 3. The molecule has 0 radical (unpaired) electrons. The van der Waals surface area contributed by atoms with E-state index in [0.29, 0.717) is 19.3 Å². The van der Waals surface area contributed by atoms with Crippen molar-refractivity contribution in [3.8, 4) is 0 Å². The lowest BCUT2D eigenvalue weighted by Crippen LogP contribution is -2.30. The van der Waals surface area contributed by atoms with Crippen molar-refractivity contribution in [3.05, 3.63) is 109 Å². The molecule has 0 saturated carbocycles. The predicted molar refractivity (Wildman–Crippen MR) is 353 cm³/mol. The van der Waals surface area contributed by atoms with Crippen molar-refractivity contribution in [2.75, 3.05) is 13.2 Å². The maximum absolute atomic E-state index is 12.9. The van der Waals surface area contributed by atoms with Gasteiger partial charge in [-0.2, -0.15) is 0 Å². The van der Waals surface area contributed by atoms with E-state index in [1.807, 2.05) is 0 Å². The van der Waals surface area contributed by atoms with E-state index in [1.54, 1.807) is 0 Å². The summed E-state index contributed by atoms with van der Waals surface area (Å²) in [6, 6.07) is 0. The summed E-state index contributed by atoms with van der Waals surface area (Å²) >= 11 is 0. The van der Waals surface area contributed by atoms with Gasteiger partial charge in [-0.1, -0.05) is 297 Å². The van der Waals surface area contributed by atoms with Crippen LogP contribution < -0.4 is 0 Å². The third-order valence-corrected chi connectivity index (χ3v) is 14.7. The lowest BCUT2D eigenvalue weighted by Gasteiger charge is -2.18. The molecule has 0 N–H and O–H groups in total. The zero-order valence-corrected chi connectivity index (χ0v) is 53.3. The summed E-state index contributed by atoms with van der Waals surface area (Å²) in [5, 5.41) is 0. The van der Waals surface area contributed by atoms with Gasteiger partial charge in [-0.05, 0) is 122 Å². The van der Waals surface area contributed by atoms with E-state index in [0.717, 1.165) is 122 Å². The highest BCUT2D eigenvalue weighted by atomic mass is 16.6. The smallest absolute Gasteiger partial charge is 0.306 e. The third kappa shape index (κ3) is 66.8. The van der Waals surface area contributed by atoms with E-state index >= 15 is 0 Å². The minimum Gasteiger partial charge on any atom is -0.462 e. The Hall–Kier alpha value is -3.93. The van der Waals surface area contributed by atoms with Gasteiger partial charge in [0.25, 0.3) is 0 Å². The van der Waals surface area contributed by atoms with Gasteiger partial charge in [-0.15, -0.1) is 0 Å². The highest BCUT2D eigenvalue weighted by Crippen LogP contribution is 2.17. The first-order chi connectivity index (χ1) is 40.0. The van der Waals surface area contributed by atoms with Crippen molar-refractivity contribution in [1.29, 1.82) is 0 Å². The van der Waals surface area contributed by atoms with E-state index in [9.17, 15) is 14.4 Å². The molecule has 6 heteroatoms. The molecule has 0 fully saturated rings. The number of hydrogen-bond acceptors (Lipinski definition) is 6. The first kappa shape index (κ1) is 77.1. The average molecular weight is 1130 g/mol. The summed E-state index contributed by atoms with van der Waals surface area (Å²) in [4.78, 5) is 38.4. The second-order valence-electron chi connectivity index (χ2n) is 22.7. The van der Waals surface area contributed by atoms with E-state index in [-0.39, 0.29) is 31.1 Å². The highest BCUT2D eigenvalue weighted by Gasteiger charge is 2.19. The lowest BCUT2D eigenvalue weighted by atomic mass is 10.0. The van der Waals surface area contributed by atoms with Gasteiger partial charge in [-0.25, -0.2) is 0 Å². The fourth-order valence-corrected chi connectivity index (χ4v) is 9.66. The number of unbranched alkanes of at least 4 members (excludes halogenated alkanes) is 33. The molecule has 81 heavy (non-hydrogen) atoms. The van der Waals surface area contributed by atoms with Gasteiger partial charge < -0.3 is 14.2 Å². The molecule has 1 atom stereocenters. The zero-order valence-electron chi connectivity index (χ0n) is 53.3. The van der Waals surface area contributed by atoms with E-state index < -0.39 is 6.10 Å². The number of carbonyl (C=O) groups is 3. The molecule has 0 aromatic rings. The van der Waals surface area contributed by atoms with Crippen molar-refractivity contribution < 1.29 is 28.6 Å². The highest BCUT2D eigenvalue weighted by molar-refractivity contribution is 5.71. The molecule has 464 valence electrons. The standard InChI is InChI=1S/C75H128O6/c1-4-7-10-13-16-19-22-25-28-31-32-33-34-35-36-37-38-39-40-41-42-45-47-50-53-56-59-62-65-68-74(77)80-71-72(81-75(78)69-66-63-60-57-54-51-48-44-30-27-24-21-18-15-12-9-6-3)70-79-73(76)67-64-61-58-55-52-49-46-43-29-26-23-20-17-14-11-8-5-2/h8-9,11-12,17-18,20-22,25-27,29-32,34-35,72H,4-7,10,13-16,19,23-24,28,33,36-71H2,1-3H3/b11-8-,12-9-,20-17-,21-18-,25-22-,29-26-,30-27-,32-31-,35-34-. The molecular weight excluding hydrogens is 997 g/mol. The quantitative estimate of drug-likeness (QED) is 0.0261. The van der Waals surface area contributed by atoms with Crippen LogP contribution in [0.2, 0.25) is 0 Å². The SMILES string of the molecule is CC/C=C\C/C=C\C/C=C\CCCCCCCCCC(=O)OCC(COC(=O)CCCCCCCCCCCCCCCC/C=C\C/C=C\C/C=C\CCCCCCC)OC(=O)CCCCCCCCC/C=C\C/C=C\C/C=C\CC. The van der Waals surface area contributed by atoms with Gasteiger partial charge in [0.2, 0.25) is 0 Å². The summed E-state index contributed by atoms with van der Waals surface area (Å²) in [6.45, 7) is 6.42. The van der Waals surface area contributed by atoms with E-state index in [2.05, 4.69) is 130 Å². The van der Waals surface area contributed by atoms with Gasteiger partial charge in [0.1, 0.15) is 13.2 Å². The summed E-state index contributed by atoms with van der Waals surface area (Å²) < 4.78 is 17.0. The average Bonchev–Trinajstić information content (AvgIpc) is 3.47. The second kappa shape index (κ2) is 68.6. The molecule has 0 rings (SSSR count). The van der Waals surface area contributed by atoms with Gasteiger partial charge in [0, 0.05) is 19.3 Å². The van der Waals surface area contributed by atoms with Crippen LogP contribution in [0.25, 0.3) is 0 Å². The van der Waals surface area contributed by atoms with Crippen LogP contribution in [-0.2, 0) is 28.6 Å². The second-order valence-corrected chi connectivity index (χ2v) is 22.7. The summed E-state index contributed by atoms with van der Waals surface area (Å²) in [7, 11) is 0.